The van der Waals surface area contributed by atoms with Crippen molar-refractivity contribution in [1.29, 1.82) is 0 Å². The Bertz CT molecular complexity index is 1410. The summed E-state index contributed by atoms with van der Waals surface area (Å²) in [7, 11) is -4.24. The molecule has 0 atom stereocenters. The van der Waals surface area contributed by atoms with Gasteiger partial charge in [-0.15, -0.1) is 0 Å². The van der Waals surface area contributed by atoms with Crippen LogP contribution in [0.15, 0.2) is 83.8 Å². The summed E-state index contributed by atoms with van der Waals surface area (Å²) in [5, 5.41) is 2.45. The number of hydrogen-bond donors (Lipinski definition) is 2. The Morgan fingerprint density at radius 3 is 2.21 bits per heavy atom. The first-order valence-corrected chi connectivity index (χ1v) is 13.8. The highest BCUT2D eigenvalue weighted by molar-refractivity contribution is 7.90. The summed E-state index contributed by atoms with van der Waals surface area (Å²) in [6.45, 7) is 4.99. The van der Waals surface area contributed by atoms with E-state index in [0.29, 0.717) is 6.42 Å². The van der Waals surface area contributed by atoms with E-state index in [1.54, 1.807) is 20.8 Å². The van der Waals surface area contributed by atoms with E-state index >= 15 is 0 Å². The molecule has 3 aromatic carbocycles. The molecule has 2 N–H and O–H groups in total. The van der Waals surface area contributed by atoms with Crippen molar-refractivity contribution in [1.82, 2.24) is 10.0 Å². The Hall–Kier alpha value is -4.18. The molecule has 0 unspecified atom stereocenters. The van der Waals surface area contributed by atoms with Gasteiger partial charge in [-0.3, -0.25) is 4.79 Å². The van der Waals surface area contributed by atoms with Crippen molar-refractivity contribution in [2.75, 3.05) is 6.54 Å². The molecule has 2 amide bonds. The summed E-state index contributed by atoms with van der Waals surface area (Å²) in [5.41, 5.74) is 2.30. The van der Waals surface area contributed by atoms with Crippen molar-refractivity contribution in [3.8, 4) is 0 Å². The van der Waals surface area contributed by atoms with E-state index in [0.717, 1.165) is 22.8 Å². The zero-order valence-electron chi connectivity index (χ0n) is 22.1. The van der Waals surface area contributed by atoms with E-state index in [4.69, 9.17) is 9.47 Å². The van der Waals surface area contributed by atoms with Gasteiger partial charge in [-0.1, -0.05) is 60.7 Å². The largest absolute Gasteiger partial charge is 0.456 e. The molecule has 10 heteroatoms. The van der Waals surface area contributed by atoms with Crippen LogP contribution >= 0.6 is 0 Å². The number of nitrogens with one attached hydrogen (secondary N) is 2. The van der Waals surface area contributed by atoms with Crippen molar-refractivity contribution in [2.45, 2.75) is 50.7 Å². The standard InChI is InChI=1S/C29H32N2O7S/c1-29(2,3)38-27(33)23-14-9-15-25(19-23)39(35,36)31-26(32)16-17-30-28(34)37-20-24-13-8-7-12-22(24)18-21-10-5-4-6-11-21/h4-15,19H,16-18,20H2,1-3H3,(H,30,34)(H,31,32). The number of esters is 1. The second-order valence-electron chi connectivity index (χ2n) is 9.74. The number of rotatable bonds is 10. The van der Waals surface area contributed by atoms with Gasteiger partial charge in [0.2, 0.25) is 5.91 Å². The van der Waals surface area contributed by atoms with Gasteiger partial charge in [-0.25, -0.2) is 22.7 Å². The molecule has 3 aromatic rings. The molecule has 0 fully saturated rings. The zero-order chi connectivity index (χ0) is 28.5. The predicted molar refractivity (Wildman–Crippen MR) is 145 cm³/mol. The van der Waals surface area contributed by atoms with Gasteiger partial charge in [-0.05, 0) is 62.1 Å². The Morgan fingerprint density at radius 1 is 0.846 bits per heavy atom. The smallest absolute Gasteiger partial charge is 0.407 e. The van der Waals surface area contributed by atoms with Crippen molar-refractivity contribution in [2.24, 2.45) is 0 Å². The molecule has 0 bridgehead atoms. The van der Waals surface area contributed by atoms with Gasteiger partial charge in [-0.2, -0.15) is 0 Å². The second-order valence-corrected chi connectivity index (χ2v) is 11.4. The molecule has 0 aliphatic rings. The Morgan fingerprint density at radius 2 is 1.51 bits per heavy atom. The molecule has 0 saturated carbocycles. The van der Waals surface area contributed by atoms with Gasteiger partial charge in [0, 0.05) is 13.0 Å². The summed E-state index contributed by atoms with van der Waals surface area (Å²) >= 11 is 0. The minimum Gasteiger partial charge on any atom is -0.456 e. The highest BCUT2D eigenvalue weighted by Gasteiger charge is 2.22. The van der Waals surface area contributed by atoms with Crippen LogP contribution in [0.1, 0.15) is 54.2 Å². The van der Waals surface area contributed by atoms with E-state index in [-0.39, 0.29) is 30.0 Å². The quantitative estimate of drug-likeness (QED) is 0.358. The highest BCUT2D eigenvalue weighted by atomic mass is 32.2. The second kappa shape index (κ2) is 13.1. The molecule has 0 saturated heterocycles. The maximum atomic E-state index is 12.6. The molecule has 0 aliphatic carbocycles. The molecule has 0 heterocycles. The minimum atomic E-state index is -4.24. The molecule has 3 rings (SSSR count). The van der Waals surface area contributed by atoms with Crippen molar-refractivity contribution in [3.63, 3.8) is 0 Å². The number of carbonyl (C=O) groups excluding carboxylic acids is 3. The van der Waals surface area contributed by atoms with Crippen LogP contribution in [-0.2, 0) is 37.3 Å². The number of amides is 2. The third-order valence-corrected chi connectivity index (χ3v) is 6.73. The summed E-state index contributed by atoms with van der Waals surface area (Å²) in [4.78, 5) is 36.4. The van der Waals surface area contributed by atoms with Crippen LogP contribution in [0, 0.1) is 0 Å². The summed E-state index contributed by atoms with van der Waals surface area (Å²) in [5.74, 6) is -1.51. The van der Waals surface area contributed by atoms with Crippen LogP contribution in [0.4, 0.5) is 4.79 Å². The normalized spacial score (nSPS) is 11.4. The first-order valence-electron chi connectivity index (χ1n) is 12.3. The van der Waals surface area contributed by atoms with E-state index in [1.807, 2.05) is 59.3 Å². The number of sulfonamides is 1. The van der Waals surface area contributed by atoms with Crippen molar-refractivity contribution < 1.29 is 32.3 Å². The van der Waals surface area contributed by atoms with Crippen LogP contribution in [-0.4, -0.2) is 38.5 Å². The average Bonchev–Trinajstić information content (AvgIpc) is 2.87. The summed E-state index contributed by atoms with van der Waals surface area (Å²) in [6.07, 6.45) is -0.340. The van der Waals surface area contributed by atoms with Crippen LogP contribution in [0.2, 0.25) is 0 Å². The van der Waals surface area contributed by atoms with Gasteiger partial charge in [0.15, 0.2) is 0 Å². The number of alkyl carbamates (subject to hydrolysis) is 1. The average molecular weight is 553 g/mol. The van der Waals surface area contributed by atoms with Gasteiger partial charge >= 0.3 is 12.1 Å². The van der Waals surface area contributed by atoms with E-state index < -0.39 is 33.6 Å². The SMILES string of the molecule is CC(C)(C)OC(=O)c1cccc(S(=O)(=O)NC(=O)CCNC(=O)OCc2ccccc2Cc2ccccc2)c1. The monoisotopic (exact) mass is 552 g/mol. The number of benzene rings is 3. The molecular weight excluding hydrogens is 520 g/mol. The molecule has 0 spiro atoms. The van der Waals surface area contributed by atoms with Crippen LogP contribution < -0.4 is 10.0 Å². The fourth-order valence-corrected chi connectivity index (χ4v) is 4.61. The maximum Gasteiger partial charge on any atom is 0.407 e. The summed E-state index contributed by atoms with van der Waals surface area (Å²) < 4.78 is 37.7. The van der Waals surface area contributed by atoms with E-state index in [2.05, 4.69) is 5.32 Å². The first-order chi connectivity index (χ1) is 18.4. The lowest BCUT2D eigenvalue weighted by atomic mass is 10.0. The van der Waals surface area contributed by atoms with Crippen LogP contribution in [0.3, 0.4) is 0 Å². The van der Waals surface area contributed by atoms with Gasteiger partial charge in [0.25, 0.3) is 10.0 Å². The molecule has 9 nitrogen and oxygen atoms in total. The number of hydrogen-bond acceptors (Lipinski definition) is 7. The molecule has 0 aliphatic heterocycles. The predicted octanol–water partition coefficient (Wildman–Crippen LogP) is 4.35. The molecule has 0 aromatic heterocycles. The third kappa shape index (κ3) is 9.57. The maximum absolute atomic E-state index is 12.6. The topological polar surface area (TPSA) is 128 Å². The lowest BCUT2D eigenvalue weighted by Gasteiger charge is -2.19. The van der Waals surface area contributed by atoms with Crippen LogP contribution in [0.25, 0.3) is 0 Å². The Kier molecular flexibility index (Phi) is 9.84. The summed E-state index contributed by atoms with van der Waals surface area (Å²) in [6, 6.07) is 22.7. The Labute approximate surface area is 228 Å². The third-order valence-electron chi connectivity index (χ3n) is 5.36. The minimum absolute atomic E-state index is 0.0370. The van der Waals surface area contributed by atoms with Gasteiger partial charge in [0.05, 0.1) is 10.5 Å². The first kappa shape index (κ1) is 29.4. The van der Waals surface area contributed by atoms with E-state index in [9.17, 15) is 22.8 Å². The zero-order valence-corrected chi connectivity index (χ0v) is 22.9. The van der Waals surface area contributed by atoms with Crippen LogP contribution in [0.5, 0.6) is 0 Å². The Balaban J connectivity index is 1.47. The molecule has 206 valence electrons. The van der Waals surface area contributed by atoms with E-state index in [1.165, 1.54) is 18.2 Å². The van der Waals surface area contributed by atoms with Gasteiger partial charge < -0.3 is 14.8 Å². The fraction of sp³-hybridized carbons (Fsp3) is 0.276. The lowest BCUT2D eigenvalue weighted by molar-refractivity contribution is -0.119. The fourth-order valence-electron chi connectivity index (χ4n) is 3.55. The highest BCUT2D eigenvalue weighted by Crippen LogP contribution is 2.17. The number of carbonyl (C=O) groups is 3. The lowest BCUT2D eigenvalue weighted by Crippen LogP contribution is -2.34. The number of ether oxygens (including phenoxy) is 2. The van der Waals surface area contributed by atoms with Gasteiger partial charge in [0.1, 0.15) is 12.2 Å². The molecule has 0 radical (unpaired) electrons. The molecular formula is C29H32N2O7S. The van der Waals surface area contributed by atoms with Crippen molar-refractivity contribution in [3.05, 3.63) is 101 Å². The molecule has 39 heavy (non-hydrogen) atoms. The van der Waals surface area contributed by atoms with Crippen molar-refractivity contribution >= 4 is 28.0 Å².